The van der Waals surface area contributed by atoms with E-state index in [-0.39, 0.29) is 17.9 Å². The van der Waals surface area contributed by atoms with Crippen molar-refractivity contribution >= 4 is 11.9 Å². The van der Waals surface area contributed by atoms with E-state index in [0.29, 0.717) is 13.1 Å². The minimum atomic E-state index is -0.712. The number of likely N-dealkylation sites (N-methyl/N-ethyl adjacent to an activating group) is 1. The van der Waals surface area contributed by atoms with Gasteiger partial charge in [-0.05, 0) is 38.3 Å². The highest BCUT2D eigenvalue weighted by Gasteiger charge is 2.56. The number of aliphatic carboxylic acids is 1. The van der Waals surface area contributed by atoms with Gasteiger partial charge in [0.15, 0.2) is 0 Å². The summed E-state index contributed by atoms with van der Waals surface area (Å²) in [5.41, 5.74) is -0.669. The maximum atomic E-state index is 12.8. The van der Waals surface area contributed by atoms with E-state index in [1.54, 1.807) is 0 Å². The fourth-order valence-electron chi connectivity index (χ4n) is 4.27. The molecule has 1 aliphatic heterocycles. The highest BCUT2D eigenvalue weighted by atomic mass is 16.4. The van der Waals surface area contributed by atoms with Crippen LogP contribution in [-0.2, 0) is 9.59 Å². The standard InChI is InChI=1S/C16H28N2O3/c1-4-13(17(5-2)6-3)14(19)18-10-12-8-7-9-16(12,11-18)15(20)21/h12-13H,4-11H2,1-3H3,(H,20,21)/t12-,13?,16+/m0/s1. The lowest BCUT2D eigenvalue weighted by atomic mass is 9.81. The Morgan fingerprint density at radius 3 is 2.48 bits per heavy atom. The Morgan fingerprint density at radius 2 is 2.00 bits per heavy atom. The molecule has 0 spiro atoms. The molecule has 1 N–H and O–H groups in total. The highest BCUT2D eigenvalue weighted by Crippen LogP contribution is 2.49. The first-order valence-electron chi connectivity index (χ1n) is 8.26. The number of rotatable bonds is 6. The average Bonchev–Trinajstić information content (AvgIpc) is 3.01. The topological polar surface area (TPSA) is 60.9 Å². The van der Waals surface area contributed by atoms with Crippen molar-refractivity contribution in [3.8, 4) is 0 Å². The lowest BCUT2D eigenvalue weighted by Gasteiger charge is -2.32. The maximum absolute atomic E-state index is 12.8. The quantitative estimate of drug-likeness (QED) is 0.812. The predicted octanol–water partition coefficient (Wildman–Crippen LogP) is 1.82. The summed E-state index contributed by atoms with van der Waals surface area (Å²) in [6, 6.07) is -0.107. The van der Waals surface area contributed by atoms with Crippen LogP contribution in [0.4, 0.5) is 0 Å². The fraction of sp³-hybridized carbons (Fsp3) is 0.875. The number of likely N-dealkylation sites (tertiary alicyclic amines) is 1. The van der Waals surface area contributed by atoms with Crippen molar-refractivity contribution in [3.63, 3.8) is 0 Å². The van der Waals surface area contributed by atoms with Crippen molar-refractivity contribution in [1.29, 1.82) is 0 Å². The first kappa shape index (κ1) is 16.3. The minimum Gasteiger partial charge on any atom is -0.481 e. The van der Waals surface area contributed by atoms with Gasteiger partial charge in [-0.15, -0.1) is 0 Å². The first-order chi connectivity index (χ1) is 10.00. The van der Waals surface area contributed by atoms with E-state index in [4.69, 9.17) is 0 Å². The van der Waals surface area contributed by atoms with Crippen LogP contribution < -0.4 is 0 Å². The Bertz CT molecular complexity index is 408. The molecule has 21 heavy (non-hydrogen) atoms. The molecule has 1 heterocycles. The van der Waals surface area contributed by atoms with Gasteiger partial charge in [0.25, 0.3) is 0 Å². The summed E-state index contributed by atoms with van der Waals surface area (Å²) in [6.07, 6.45) is 3.42. The van der Waals surface area contributed by atoms with Crippen molar-refractivity contribution in [1.82, 2.24) is 9.80 Å². The van der Waals surface area contributed by atoms with E-state index in [0.717, 1.165) is 38.8 Å². The van der Waals surface area contributed by atoms with Crippen LogP contribution in [0.2, 0.25) is 0 Å². The summed E-state index contributed by atoms with van der Waals surface area (Å²) in [5, 5.41) is 9.62. The molecule has 0 radical (unpaired) electrons. The zero-order chi connectivity index (χ0) is 15.6. The van der Waals surface area contributed by atoms with Crippen molar-refractivity contribution in [2.24, 2.45) is 11.3 Å². The van der Waals surface area contributed by atoms with Crippen molar-refractivity contribution < 1.29 is 14.7 Å². The second kappa shape index (κ2) is 6.34. The monoisotopic (exact) mass is 296 g/mol. The van der Waals surface area contributed by atoms with Gasteiger partial charge in [-0.1, -0.05) is 27.2 Å². The molecule has 1 saturated heterocycles. The third-order valence-corrected chi connectivity index (χ3v) is 5.53. The van der Waals surface area contributed by atoms with Crippen molar-refractivity contribution in [2.45, 2.75) is 52.5 Å². The number of fused-ring (bicyclic) bond motifs is 1. The number of hydrogen-bond donors (Lipinski definition) is 1. The number of amides is 1. The summed E-state index contributed by atoms with van der Waals surface area (Å²) in [7, 11) is 0. The van der Waals surface area contributed by atoms with E-state index >= 15 is 0 Å². The van der Waals surface area contributed by atoms with Crippen molar-refractivity contribution in [3.05, 3.63) is 0 Å². The van der Waals surface area contributed by atoms with Crippen LogP contribution in [0.25, 0.3) is 0 Å². The van der Waals surface area contributed by atoms with E-state index in [2.05, 4.69) is 18.7 Å². The highest BCUT2D eigenvalue weighted by molar-refractivity contribution is 5.84. The molecule has 1 saturated carbocycles. The Labute approximate surface area is 127 Å². The van der Waals surface area contributed by atoms with E-state index in [1.165, 1.54) is 0 Å². The molecule has 2 aliphatic rings. The van der Waals surface area contributed by atoms with E-state index in [9.17, 15) is 14.7 Å². The summed E-state index contributed by atoms with van der Waals surface area (Å²) in [6.45, 7) is 8.90. The second-order valence-corrected chi connectivity index (χ2v) is 6.41. The Morgan fingerprint density at radius 1 is 1.33 bits per heavy atom. The fourth-order valence-corrected chi connectivity index (χ4v) is 4.27. The van der Waals surface area contributed by atoms with Gasteiger partial charge in [-0.2, -0.15) is 0 Å². The van der Waals surface area contributed by atoms with E-state index < -0.39 is 11.4 Å². The van der Waals surface area contributed by atoms with Gasteiger partial charge >= 0.3 is 5.97 Å². The molecule has 5 nitrogen and oxygen atoms in total. The average molecular weight is 296 g/mol. The number of carbonyl (C=O) groups is 2. The molecule has 5 heteroatoms. The van der Waals surface area contributed by atoms with Crippen LogP contribution in [-0.4, -0.2) is 59.0 Å². The largest absolute Gasteiger partial charge is 0.481 e. The number of nitrogens with zero attached hydrogens (tertiary/aromatic N) is 2. The summed E-state index contributed by atoms with van der Waals surface area (Å²) in [4.78, 5) is 28.5. The maximum Gasteiger partial charge on any atom is 0.311 e. The van der Waals surface area contributed by atoms with Gasteiger partial charge in [-0.25, -0.2) is 0 Å². The molecule has 1 amide bonds. The number of carboxylic acid groups (broad SMARTS) is 1. The molecule has 0 aromatic carbocycles. The zero-order valence-electron chi connectivity index (χ0n) is 13.5. The third-order valence-electron chi connectivity index (χ3n) is 5.53. The molecule has 2 fully saturated rings. The van der Waals surface area contributed by atoms with E-state index in [1.807, 2.05) is 11.8 Å². The molecular weight excluding hydrogens is 268 g/mol. The summed E-state index contributed by atoms with van der Waals surface area (Å²) >= 11 is 0. The molecule has 0 aromatic heterocycles. The lowest BCUT2D eigenvalue weighted by Crippen LogP contribution is -2.48. The number of carboxylic acids is 1. The first-order valence-corrected chi connectivity index (χ1v) is 8.26. The van der Waals surface area contributed by atoms with Gasteiger partial charge in [0, 0.05) is 13.1 Å². The van der Waals surface area contributed by atoms with Gasteiger partial charge in [-0.3, -0.25) is 14.5 Å². The smallest absolute Gasteiger partial charge is 0.311 e. The van der Waals surface area contributed by atoms with Crippen LogP contribution >= 0.6 is 0 Å². The Hall–Kier alpha value is -1.10. The zero-order valence-corrected chi connectivity index (χ0v) is 13.5. The minimum absolute atomic E-state index is 0.107. The van der Waals surface area contributed by atoms with Crippen LogP contribution in [0, 0.1) is 11.3 Å². The van der Waals surface area contributed by atoms with Crippen LogP contribution in [0.3, 0.4) is 0 Å². The normalized spacial score (nSPS) is 29.7. The molecule has 1 aliphatic carbocycles. The van der Waals surface area contributed by atoms with Gasteiger partial charge < -0.3 is 10.0 Å². The second-order valence-electron chi connectivity index (χ2n) is 6.41. The Kier molecular flexibility index (Phi) is 4.91. The molecule has 0 aromatic rings. The SMILES string of the molecule is CCC(C(=O)N1C[C@@H]2CCC[C@@]2(C(=O)O)C1)N(CC)CC. The van der Waals surface area contributed by atoms with Gasteiger partial charge in [0.05, 0.1) is 11.5 Å². The molecular formula is C16H28N2O3. The number of hydrogen-bond acceptors (Lipinski definition) is 3. The van der Waals surface area contributed by atoms with Crippen LogP contribution in [0.15, 0.2) is 0 Å². The molecule has 2 rings (SSSR count). The van der Waals surface area contributed by atoms with Gasteiger partial charge in [0.1, 0.15) is 0 Å². The van der Waals surface area contributed by atoms with Crippen LogP contribution in [0.5, 0.6) is 0 Å². The molecule has 3 atom stereocenters. The molecule has 120 valence electrons. The third kappa shape index (κ3) is 2.68. The van der Waals surface area contributed by atoms with Crippen LogP contribution in [0.1, 0.15) is 46.5 Å². The predicted molar refractivity (Wildman–Crippen MR) is 81.0 cm³/mol. The molecule has 1 unspecified atom stereocenters. The van der Waals surface area contributed by atoms with Gasteiger partial charge in [0.2, 0.25) is 5.91 Å². The van der Waals surface area contributed by atoms with Crippen molar-refractivity contribution in [2.75, 3.05) is 26.2 Å². The summed E-state index contributed by atoms with van der Waals surface area (Å²) < 4.78 is 0. The number of carbonyl (C=O) groups excluding carboxylic acids is 1. The Balaban J connectivity index is 2.13. The molecule has 0 bridgehead atoms. The summed E-state index contributed by atoms with van der Waals surface area (Å²) in [5.74, 6) is -0.444. The lowest BCUT2D eigenvalue weighted by molar-refractivity contribution is -0.149.